The number of pyridine rings is 1. The van der Waals surface area contributed by atoms with Gasteiger partial charge in [0.15, 0.2) is 0 Å². The van der Waals surface area contributed by atoms with E-state index in [0.29, 0.717) is 5.92 Å². The van der Waals surface area contributed by atoms with E-state index in [1.165, 1.54) is 19.3 Å². The predicted molar refractivity (Wildman–Crippen MR) is 126 cm³/mol. The maximum absolute atomic E-state index is 13.6. The van der Waals surface area contributed by atoms with Crippen molar-refractivity contribution in [2.24, 2.45) is 16.7 Å². The maximum Gasteiger partial charge on any atom is 0.319 e. The highest BCUT2D eigenvalue weighted by molar-refractivity contribution is 8.00. The van der Waals surface area contributed by atoms with E-state index in [-0.39, 0.29) is 34.2 Å². The molecule has 0 aromatic carbocycles. The summed E-state index contributed by atoms with van der Waals surface area (Å²) in [6.07, 6.45) is 12.5. The van der Waals surface area contributed by atoms with Gasteiger partial charge < -0.3 is 9.30 Å². The highest BCUT2D eigenvalue weighted by Gasteiger charge is 2.61. The van der Waals surface area contributed by atoms with Crippen molar-refractivity contribution in [3.63, 3.8) is 0 Å². The lowest BCUT2D eigenvalue weighted by Crippen LogP contribution is -2.45. The van der Waals surface area contributed by atoms with Gasteiger partial charge in [-0.15, -0.1) is 0 Å². The van der Waals surface area contributed by atoms with Crippen molar-refractivity contribution in [1.29, 1.82) is 0 Å². The Kier molecular flexibility index (Phi) is 6.52. The number of carbonyl (C=O) groups excluding carboxylic acids is 1. The van der Waals surface area contributed by atoms with Crippen molar-refractivity contribution in [2.75, 3.05) is 0 Å². The molecule has 0 amide bonds. The van der Waals surface area contributed by atoms with Crippen molar-refractivity contribution in [2.45, 2.75) is 88.6 Å². The van der Waals surface area contributed by atoms with Crippen molar-refractivity contribution in [3.05, 3.63) is 48.9 Å². The Balaban J connectivity index is 1.55. The summed E-state index contributed by atoms with van der Waals surface area (Å²) in [5.41, 5.74) is 0.166. The van der Waals surface area contributed by atoms with E-state index in [9.17, 15) is 4.79 Å². The summed E-state index contributed by atoms with van der Waals surface area (Å²) in [6.45, 7) is 9.11. The second kappa shape index (κ2) is 9.01. The molecule has 0 saturated heterocycles. The van der Waals surface area contributed by atoms with Gasteiger partial charge in [-0.25, -0.2) is 4.98 Å². The van der Waals surface area contributed by atoms with E-state index in [1.807, 2.05) is 18.2 Å². The molecule has 2 bridgehead atoms. The summed E-state index contributed by atoms with van der Waals surface area (Å²) in [5.74, 6) is 0.584. The third-order valence-corrected chi connectivity index (χ3v) is 8.84. The fraction of sp³-hybridized carbons (Fsp3) is 0.615. The first-order valence-electron chi connectivity index (χ1n) is 11.7. The molecule has 2 fully saturated rings. The molecule has 2 aliphatic rings. The van der Waals surface area contributed by atoms with Crippen LogP contribution in [-0.2, 0) is 9.53 Å². The van der Waals surface area contributed by atoms with Crippen LogP contribution in [0.4, 0.5) is 0 Å². The number of carbonyl (C=O) groups is 1. The molecule has 0 spiro atoms. The maximum atomic E-state index is 13.6. The molecule has 0 aliphatic heterocycles. The normalized spacial score (nSPS) is 28.4. The molecule has 31 heavy (non-hydrogen) atoms. The van der Waals surface area contributed by atoms with Gasteiger partial charge in [0.25, 0.3) is 0 Å². The van der Waals surface area contributed by atoms with Crippen LogP contribution < -0.4 is 0 Å². The molecular weight excluding hydrogens is 404 g/mol. The second-order valence-corrected chi connectivity index (χ2v) is 11.5. The number of esters is 1. The molecule has 5 heteroatoms. The summed E-state index contributed by atoms with van der Waals surface area (Å²) in [4.78, 5) is 18.1. The SMILES string of the molecule is CCC[C@@H](C[C@@H](Sc1ccccn1)C(=O)O[C@H]1C(C)(C)[C@H]2CC[C@]1(C)C2)n1cccc1. The van der Waals surface area contributed by atoms with Crippen LogP contribution in [0.25, 0.3) is 0 Å². The second-order valence-electron chi connectivity index (χ2n) is 10.3. The summed E-state index contributed by atoms with van der Waals surface area (Å²) in [7, 11) is 0. The van der Waals surface area contributed by atoms with Crippen molar-refractivity contribution in [3.8, 4) is 0 Å². The van der Waals surface area contributed by atoms with Gasteiger partial charge in [0, 0.05) is 35.5 Å². The molecule has 5 atom stereocenters. The van der Waals surface area contributed by atoms with Gasteiger partial charge in [-0.1, -0.05) is 51.9 Å². The Hall–Kier alpha value is -1.75. The molecule has 2 saturated carbocycles. The van der Waals surface area contributed by atoms with Crippen LogP contribution in [0, 0.1) is 16.7 Å². The van der Waals surface area contributed by atoms with Gasteiger partial charge in [0.05, 0.1) is 5.03 Å². The number of thioether (sulfide) groups is 1. The first kappa shape index (κ1) is 22.4. The molecule has 0 unspecified atom stereocenters. The molecule has 4 nitrogen and oxygen atoms in total. The average Bonchev–Trinajstić information content (AvgIpc) is 3.45. The van der Waals surface area contributed by atoms with E-state index in [2.05, 4.69) is 61.8 Å². The van der Waals surface area contributed by atoms with Crippen LogP contribution in [0.1, 0.15) is 72.3 Å². The molecule has 0 radical (unpaired) electrons. The Morgan fingerprint density at radius 2 is 2.03 bits per heavy atom. The van der Waals surface area contributed by atoms with E-state index in [1.54, 1.807) is 18.0 Å². The molecule has 2 aliphatic carbocycles. The van der Waals surface area contributed by atoms with Crippen LogP contribution in [0.5, 0.6) is 0 Å². The number of ether oxygens (including phenoxy) is 1. The number of fused-ring (bicyclic) bond motifs is 2. The predicted octanol–water partition coefficient (Wildman–Crippen LogP) is 6.53. The van der Waals surface area contributed by atoms with Crippen molar-refractivity contribution < 1.29 is 9.53 Å². The van der Waals surface area contributed by atoms with Gasteiger partial charge in [-0.2, -0.15) is 0 Å². The van der Waals surface area contributed by atoms with E-state index >= 15 is 0 Å². The third kappa shape index (κ3) is 4.57. The van der Waals surface area contributed by atoms with E-state index in [4.69, 9.17) is 4.74 Å². The van der Waals surface area contributed by atoms with E-state index in [0.717, 1.165) is 24.3 Å². The van der Waals surface area contributed by atoms with Gasteiger partial charge in [0.1, 0.15) is 11.4 Å². The van der Waals surface area contributed by atoms with Crippen LogP contribution in [0.3, 0.4) is 0 Å². The highest BCUT2D eigenvalue weighted by Crippen LogP contribution is 2.63. The Bertz CT molecular complexity index is 862. The number of nitrogens with zero attached hydrogens (tertiary/aromatic N) is 2. The zero-order chi connectivity index (χ0) is 22.1. The highest BCUT2D eigenvalue weighted by atomic mass is 32.2. The van der Waals surface area contributed by atoms with Crippen molar-refractivity contribution in [1.82, 2.24) is 9.55 Å². The largest absolute Gasteiger partial charge is 0.460 e. The molecule has 4 rings (SSSR count). The van der Waals surface area contributed by atoms with Crippen molar-refractivity contribution >= 4 is 17.7 Å². The first-order chi connectivity index (χ1) is 14.8. The summed E-state index contributed by atoms with van der Waals surface area (Å²) in [6, 6.07) is 10.3. The molecule has 2 aromatic rings. The molecule has 0 N–H and O–H groups in total. The fourth-order valence-corrected chi connectivity index (χ4v) is 7.10. The molecule has 168 valence electrons. The number of hydrogen-bond donors (Lipinski definition) is 0. The topological polar surface area (TPSA) is 44.1 Å². The quantitative estimate of drug-likeness (QED) is 0.328. The lowest BCUT2D eigenvalue weighted by molar-refractivity contribution is -0.164. The van der Waals surface area contributed by atoms with Gasteiger partial charge in [-0.3, -0.25) is 4.79 Å². The van der Waals surface area contributed by atoms with Gasteiger partial charge >= 0.3 is 5.97 Å². The van der Waals surface area contributed by atoms with Crippen LogP contribution >= 0.6 is 11.8 Å². The number of aromatic nitrogens is 2. The van der Waals surface area contributed by atoms with Crippen LogP contribution in [0.2, 0.25) is 0 Å². The average molecular weight is 441 g/mol. The lowest BCUT2D eigenvalue weighted by atomic mass is 9.70. The summed E-state index contributed by atoms with van der Waals surface area (Å²) >= 11 is 1.55. The van der Waals surface area contributed by atoms with Crippen LogP contribution in [-0.4, -0.2) is 26.9 Å². The minimum absolute atomic E-state index is 0.00529. The number of hydrogen-bond acceptors (Lipinski definition) is 4. The minimum atomic E-state index is -0.271. The Labute approximate surface area is 191 Å². The molecular formula is C26H36N2O2S. The van der Waals surface area contributed by atoms with Gasteiger partial charge in [-0.05, 0) is 62.3 Å². The summed E-state index contributed by atoms with van der Waals surface area (Å²) in [5, 5.41) is 0.609. The van der Waals surface area contributed by atoms with E-state index < -0.39 is 0 Å². The Morgan fingerprint density at radius 3 is 2.65 bits per heavy atom. The monoisotopic (exact) mass is 440 g/mol. The first-order valence-corrected chi connectivity index (χ1v) is 12.6. The lowest BCUT2D eigenvalue weighted by Gasteiger charge is -2.42. The smallest absolute Gasteiger partial charge is 0.319 e. The third-order valence-electron chi connectivity index (χ3n) is 7.69. The Morgan fingerprint density at radius 1 is 1.26 bits per heavy atom. The fourth-order valence-electron chi connectivity index (χ4n) is 6.06. The standard InChI is InChI=1S/C26H36N2O2S/c1-5-10-20(28-15-8-9-16-28)17-21(31-22-11-6-7-14-27-22)23(29)30-24-25(2,3)19-12-13-26(24,4)18-19/h6-9,11,14-16,19-21,24H,5,10,12-13,17-18H2,1-4H3/t19-,20-,21+,24-,26+/m0/s1. The summed E-state index contributed by atoms with van der Waals surface area (Å²) < 4.78 is 8.64. The number of rotatable bonds is 9. The molecule has 2 aromatic heterocycles. The van der Waals surface area contributed by atoms with Gasteiger partial charge in [0.2, 0.25) is 0 Å². The van der Waals surface area contributed by atoms with Crippen LogP contribution in [0.15, 0.2) is 53.9 Å². The zero-order valence-corrected chi connectivity index (χ0v) is 20.1. The zero-order valence-electron chi connectivity index (χ0n) is 19.3. The molecule has 2 heterocycles. The minimum Gasteiger partial charge on any atom is -0.460 e.